The predicted octanol–water partition coefficient (Wildman–Crippen LogP) is 1.99. The minimum Gasteiger partial charge on any atom is -0.334 e. The molecule has 0 fully saturated rings. The van der Waals surface area contributed by atoms with Crippen LogP contribution >= 0.6 is 0 Å². The molecule has 0 heterocycles. The van der Waals surface area contributed by atoms with Crippen molar-refractivity contribution in [3.63, 3.8) is 0 Å². The molecule has 3 amide bonds. The Kier molecular flexibility index (Phi) is 9.21. The number of carbonyl (C=O) groups excluding carboxylic acids is 4. The van der Waals surface area contributed by atoms with Crippen LogP contribution in [-0.4, -0.2) is 77.5 Å². The Hall–Kier alpha value is -2.70. The first-order chi connectivity index (χ1) is 13.9. The number of hydrogen-bond donors (Lipinski definition) is 0. The van der Waals surface area contributed by atoms with Crippen molar-refractivity contribution < 1.29 is 19.2 Å². The lowest BCUT2D eigenvalue weighted by molar-refractivity contribution is -0.152. The zero-order valence-corrected chi connectivity index (χ0v) is 19.4. The molecular formula is C23H35N3O4. The van der Waals surface area contributed by atoms with E-state index in [-0.39, 0.29) is 29.4 Å². The van der Waals surface area contributed by atoms with Crippen molar-refractivity contribution in [3.05, 3.63) is 35.9 Å². The minimum atomic E-state index is -0.747. The van der Waals surface area contributed by atoms with Gasteiger partial charge in [0.05, 0.1) is 6.04 Å². The molecule has 0 aromatic heterocycles. The Balaban J connectivity index is 3.22. The Morgan fingerprint density at radius 3 is 1.77 bits per heavy atom. The highest BCUT2D eigenvalue weighted by molar-refractivity contribution is 5.94. The molecule has 0 spiro atoms. The molecule has 0 radical (unpaired) electrons. The summed E-state index contributed by atoms with van der Waals surface area (Å²) in [6.07, 6.45) is 0.346. The summed E-state index contributed by atoms with van der Waals surface area (Å²) in [6, 6.07) is 7.40. The summed E-state index contributed by atoms with van der Waals surface area (Å²) in [4.78, 5) is 54.6. The molecule has 0 N–H and O–H groups in total. The van der Waals surface area contributed by atoms with E-state index in [4.69, 9.17) is 0 Å². The number of likely N-dealkylation sites (N-methyl/N-ethyl adjacent to an activating group) is 3. The van der Waals surface area contributed by atoms with Gasteiger partial charge in [0.2, 0.25) is 17.7 Å². The quantitative estimate of drug-likeness (QED) is 0.616. The van der Waals surface area contributed by atoms with E-state index < -0.39 is 18.1 Å². The topological polar surface area (TPSA) is 78.0 Å². The average Bonchev–Trinajstić information content (AvgIpc) is 2.69. The van der Waals surface area contributed by atoms with Gasteiger partial charge in [0.1, 0.15) is 12.1 Å². The normalized spacial score (nSPS) is 13.9. The van der Waals surface area contributed by atoms with Gasteiger partial charge in [0.15, 0.2) is 5.78 Å². The van der Waals surface area contributed by atoms with Crippen molar-refractivity contribution in [2.24, 2.45) is 5.92 Å². The van der Waals surface area contributed by atoms with Crippen molar-refractivity contribution in [3.8, 4) is 0 Å². The van der Waals surface area contributed by atoms with Crippen LogP contribution in [0.25, 0.3) is 0 Å². The first-order valence-electron chi connectivity index (χ1n) is 10.2. The summed E-state index contributed by atoms with van der Waals surface area (Å²) in [7, 11) is 4.76. The molecule has 1 rings (SSSR count). The number of carbonyl (C=O) groups is 4. The first kappa shape index (κ1) is 25.3. The lowest BCUT2D eigenvalue weighted by atomic mass is 9.97. The Morgan fingerprint density at radius 1 is 0.800 bits per heavy atom. The van der Waals surface area contributed by atoms with Crippen LogP contribution in [0.1, 0.15) is 40.2 Å². The third kappa shape index (κ3) is 6.15. The van der Waals surface area contributed by atoms with E-state index in [1.807, 2.05) is 44.2 Å². The molecule has 1 aromatic carbocycles. The zero-order valence-electron chi connectivity index (χ0n) is 19.4. The van der Waals surface area contributed by atoms with E-state index in [0.717, 1.165) is 5.56 Å². The fraction of sp³-hybridized carbons (Fsp3) is 0.565. The monoisotopic (exact) mass is 417 g/mol. The molecule has 7 heteroatoms. The highest BCUT2D eigenvalue weighted by Gasteiger charge is 2.38. The van der Waals surface area contributed by atoms with E-state index in [2.05, 4.69) is 0 Å². The summed E-state index contributed by atoms with van der Waals surface area (Å²) in [5.74, 6) is -1.14. The Bertz CT molecular complexity index is 763. The smallest absolute Gasteiger partial charge is 0.246 e. The van der Waals surface area contributed by atoms with Crippen molar-refractivity contribution in [1.29, 1.82) is 0 Å². The second-order valence-corrected chi connectivity index (χ2v) is 8.21. The molecule has 0 saturated heterocycles. The van der Waals surface area contributed by atoms with E-state index in [0.29, 0.717) is 6.42 Å². The molecule has 166 valence electrons. The Labute approximate surface area is 180 Å². The zero-order chi connectivity index (χ0) is 23.2. The summed E-state index contributed by atoms with van der Waals surface area (Å²) in [5, 5.41) is 0. The average molecular weight is 418 g/mol. The lowest BCUT2D eigenvalue weighted by Gasteiger charge is -2.38. The van der Waals surface area contributed by atoms with Crippen LogP contribution in [0, 0.1) is 5.92 Å². The third-order valence-electron chi connectivity index (χ3n) is 5.69. The van der Waals surface area contributed by atoms with Gasteiger partial charge in [0, 0.05) is 34.5 Å². The van der Waals surface area contributed by atoms with Gasteiger partial charge in [-0.3, -0.25) is 19.2 Å². The van der Waals surface area contributed by atoms with Crippen LogP contribution in [0.3, 0.4) is 0 Å². The predicted molar refractivity (Wildman–Crippen MR) is 117 cm³/mol. The highest BCUT2D eigenvalue weighted by Crippen LogP contribution is 2.18. The minimum absolute atomic E-state index is 0.124. The van der Waals surface area contributed by atoms with Gasteiger partial charge in [-0.05, 0) is 25.3 Å². The SMILES string of the molecule is CC(=O)[C@H](C)N(C)C(=O)[C@H](C(C)C)N(C)C(=O)[C@@H](Cc1ccccc1)N(C)C(C)=O. The summed E-state index contributed by atoms with van der Waals surface area (Å²) in [6.45, 7) is 8.24. The van der Waals surface area contributed by atoms with E-state index in [9.17, 15) is 19.2 Å². The molecule has 30 heavy (non-hydrogen) atoms. The van der Waals surface area contributed by atoms with Crippen LogP contribution < -0.4 is 0 Å². The number of hydrogen-bond acceptors (Lipinski definition) is 4. The van der Waals surface area contributed by atoms with Gasteiger partial charge >= 0.3 is 0 Å². The van der Waals surface area contributed by atoms with Gasteiger partial charge < -0.3 is 14.7 Å². The van der Waals surface area contributed by atoms with E-state index >= 15 is 0 Å². The fourth-order valence-corrected chi connectivity index (χ4v) is 3.39. The van der Waals surface area contributed by atoms with Crippen LogP contribution in [0.2, 0.25) is 0 Å². The van der Waals surface area contributed by atoms with Crippen molar-refractivity contribution >= 4 is 23.5 Å². The molecule has 0 aliphatic carbocycles. The van der Waals surface area contributed by atoms with E-state index in [1.54, 1.807) is 28.1 Å². The summed E-state index contributed by atoms with van der Waals surface area (Å²) in [5.41, 5.74) is 0.923. The first-order valence-corrected chi connectivity index (χ1v) is 10.2. The van der Waals surface area contributed by atoms with Gasteiger partial charge in [-0.25, -0.2) is 0 Å². The molecule has 7 nitrogen and oxygen atoms in total. The second-order valence-electron chi connectivity index (χ2n) is 8.21. The summed E-state index contributed by atoms with van der Waals surface area (Å²) >= 11 is 0. The maximum Gasteiger partial charge on any atom is 0.246 e. The number of ketones is 1. The molecule has 3 atom stereocenters. The van der Waals surface area contributed by atoms with Crippen molar-refractivity contribution in [1.82, 2.24) is 14.7 Å². The number of rotatable bonds is 9. The second kappa shape index (κ2) is 10.9. The van der Waals surface area contributed by atoms with Crippen molar-refractivity contribution in [2.75, 3.05) is 21.1 Å². The van der Waals surface area contributed by atoms with E-state index in [1.165, 1.54) is 28.5 Å². The third-order valence-corrected chi connectivity index (χ3v) is 5.69. The lowest BCUT2D eigenvalue weighted by Crippen LogP contribution is -2.58. The maximum absolute atomic E-state index is 13.5. The molecule has 0 bridgehead atoms. The molecular weight excluding hydrogens is 382 g/mol. The molecule has 1 aromatic rings. The standard InChI is InChI=1S/C23H35N3O4/c1-15(2)21(23(30)24(6)16(3)17(4)27)26(8)22(29)20(25(7)18(5)28)14-19-12-10-9-11-13-19/h9-13,15-16,20-21H,14H2,1-8H3/t16-,20+,21-/m0/s1. The van der Waals surface area contributed by atoms with Gasteiger partial charge in [-0.2, -0.15) is 0 Å². The maximum atomic E-state index is 13.5. The van der Waals surface area contributed by atoms with Crippen molar-refractivity contribution in [2.45, 2.75) is 59.2 Å². The van der Waals surface area contributed by atoms with Crippen LogP contribution in [0.5, 0.6) is 0 Å². The summed E-state index contributed by atoms with van der Waals surface area (Å²) < 4.78 is 0. The van der Waals surface area contributed by atoms with Gasteiger partial charge in [0.25, 0.3) is 0 Å². The highest BCUT2D eigenvalue weighted by atomic mass is 16.2. The van der Waals surface area contributed by atoms with Gasteiger partial charge in [-0.1, -0.05) is 44.2 Å². The van der Waals surface area contributed by atoms with Crippen LogP contribution in [0.4, 0.5) is 0 Å². The number of nitrogens with zero attached hydrogens (tertiary/aromatic N) is 3. The number of Topliss-reactive ketones (excluding diaryl/α,β-unsaturated/α-hetero) is 1. The van der Waals surface area contributed by atoms with Crippen LogP contribution in [-0.2, 0) is 25.6 Å². The number of amides is 3. The molecule has 0 aliphatic heterocycles. The fourth-order valence-electron chi connectivity index (χ4n) is 3.39. The molecule has 0 unspecified atom stereocenters. The Morgan fingerprint density at radius 2 is 1.33 bits per heavy atom. The largest absolute Gasteiger partial charge is 0.334 e. The molecule has 0 saturated carbocycles. The number of benzene rings is 1. The van der Waals surface area contributed by atoms with Crippen LogP contribution in [0.15, 0.2) is 30.3 Å². The van der Waals surface area contributed by atoms with Gasteiger partial charge in [-0.15, -0.1) is 0 Å². The molecule has 0 aliphatic rings.